The van der Waals surface area contributed by atoms with Crippen LogP contribution in [0.25, 0.3) is 0 Å². The summed E-state index contributed by atoms with van der Waals surface area (Å²) in [7, 11) is 0. The van der Waals surface area contributed by atoms with E-state index in [0.717, 1.165) is 16.8 Å². The summed E-state index contributed by atoms with van der Waals surface area (Å²) in [5, 5.41) is 3.46. The first kappa shape index (κ1) is 14.9. The number of rotatable bonds is 3. The molecule has 0 bridgehead atoms. The highest BCUT2D eigenvalue weighted by Crippen LogP contribution is 2.22. The zero-order valence-electron chi connectivity index (χ0n) is 10.9. The number of carbonyl (C=O) groups is 1. The Labute approximate surface area is 131 Å². The standard InChI is InChI=1S/C15H14BrClN2O/c1-9-10(3-2-4-14(9)18)8-19-15(20)12-6-5-11(17)7-13(12)16/h2-7H,8,18H2,1H3,(H,19,20). The maximum Gasteiger partial charge on any atom is 0.252 e. The van der Waals surface area contributed by atoms with E-state index in [-0.39, 0.29) is 5.91 Å². The van der Waals surface area contributed by atoms with Crippen molar-refractivity contribution in [3.8, 4) is 0 Å². The van der Waals surface area contributed by atoms with E-state index in [1.807, 2.05) is 25.1 Å². The van der Waals surface area contributed by atoms with Crippen molar-refractivity contribution < 1.29 is 4.79 Å². The summed E-state index contributed by atoms with van der Waals surface area (Å²) in [5.41, 5.74) is 9.11. The van der Waals surface area contributed by atoms with Crippen molar-refractivity contribution >= 4 is 39.1 Å². The fourth-order valence-corrected chi connectivity index (χ4v) is 2.70. The second-order valence-electron chi connectivity index (χ2n) is 4.44. The fourth-order valence-electron chi connectivity index (χ4n) is 1.84. The van der Waals surface area contributed by atoms with Crippen LogP contribution in [0.2, 0.25) is 5.02 Å². The van der Waals surface area contributed by atoms with Crippen molar-refractivity contribution in [3.63, 3.8) is 0 Å². The van der Waals surface area contributed by atoms with Gasteiger partial charge in [0.25, 0.3) is 5.91 Å². The number of halogens is 2. The summed E-state index contributed by atoms with van der Waals surface area (Å²) in [6, 6.07) is 10.7. The molecule has 3 N–H and O–H groups in total. The number of hydrogen-bond donors (Lipinski definition) is 2. The van der Waals surface area contributed by atoms with E-state index in [1.165, 1.54) is 0 Å². The summed E-state index contributed by atoms with van der Waals surface area (Å²) in [6.45, 7) is 2.37. The van der Waals surface area contributed by atoms with Gasteiger partial charge in [0.2, 0.25) is 0 Å². The van der Waals surface area contributed by atoms with Gasteiger partial charge in [0.15, 0.2) is 0 Å². The lowest BCUT2D eigenvalue weighted by molar-refractivity contribution is 0.0950. The molecule has 0 spiro atoms. The van der Waals surface area contributed by atoms with Crippen molar-refractivity contribution in [1.29, 1.82) is 0 Å². The largest absolute Gasteiger partial charge is 0.399 e. The number of anilines is 1. The Morgan fingerprint density at radius 2 is 2.10 bits per heavy atom. The Morgan fingerprint density at radius 1 is 1.35 bits per heavy atom. The minimum Gasteiger partial charge on any atom is -0.399 e. The molecule has 20 heavy (non-hydrogen) atoms. The number of carbonyl (C=O) groups excluding carboxylic acids is 1. The molecule has 0 aliphatic carbocycles. The molecular weight excluding hydrogens is 340 g/mol. The molecule has 0 aliphatic rings. The number of nitrogen functional groups attached to an aromatic ring is 1. The van der Waals surface area contributed by atoms with Crippen LogP contribution in [-0.2, 0) is 6.54 Å². The van der Waals surface area contributed by atoms with Crippen molar-refractivity contribution in [2.24, 2.45) is 0 Å². The average molecular weight is 354 g/mol. The third-order valence-electron chi connectivity index (χ3n) is 3.10. The molecule has 3 nitrogen and oxygen atoms in total. The van der Waals surface area contributed by atoms with Crippen LogP contribution in [0.15, 0.2) is 40.9 Å². The topological polar surface area (TPSA) is 55.1 Å². The molecule has 0 aliphatic heterocycles. The molecule has 0 atom stereocenters. The van der Waals surface area contributed by atoms with Crippen molar-refractivity contribution in [2.45, 2.75) is 13.5 Å². The van der Waals surface area contributed by atoms with Gasteiger partial charge in [-0.25, -0.2) is 0 Å². The van der Waals surface area contributed by atoms with Gasteiger partial charge in [-0.2, -0.15) is 0 Å². The molecule has 1 amide bonds. The zero-order valence-corrected chi connectivity index (χ0v) is 13.3. The maximum atomic E-state index is 12.1. The van der Waals surface area contributed by atoms with Gasteiger partial charge >= 0.3 is 0 Å². The van der Waals surface area contributed by atoms with Gasteiger partial charge in [-0.15, -0.1) is 0 Å². The minimum atomic E-state index is -0.157. The van der Waals surface area contributed by atoms with Crippen LogP contribution in [0.4, 0.5) is 5.69 Å². The van der Waals surface area contributed by atoms with Crippen LogP contribution in [0.5, 0.6) is 0 Å². The molecule has 0 unspecified atom stereocenters. The quantitative estimate of drug-likeness (QED) is 0.822. The van der Waals surface area contributed by atoms with Gasteiger partial charge in [0.1, 0.15) is 0 Å². The SMILES string of the molecule is Cc1c(N)cccc1CNC(=O)c1ccc(Cl)cc1Br. The Balaban J connectivity index is 2.11. The smallest absolute Gasteiger partial charge is 0.252 e. The average Bonchev–Trinajstić information content (AvgIpc) is 2.40. The molecule has 0 saturated heterocycles. The third kappa shape index (κ3) is 3.32. The van der Waals surface area contributed by atoms with Gasteiger partial charge in [0, 0.05) is 21.7 Å². The molecule has 2 rings (SSSR count). The third-order valence-corrected chi connectivity index (χ3v) is 3.99. The first-order valence-electron chi connectivity index (χ1n) is 6.06. The number of nitrogens with one attached hydrogen (secondary N) is 1. The molecular formula is C15H14BrClN2O. The number of amides is 1. The lowest BCUT2D eigenvalue weighted by Gasteiger charge is -2.10. The van der Waals surface area contributed by atoms with Crippen molar-refractivity contribution in [2.75, 3.05) is 5.73 Å². The fraction of sp³-hybridized carbons (Fsp3) is 0.133. The van der Waals surface area contributed by atoms with Crippen LogP contribution >= 0.6 is 27.5 Å². The Bertz CT molecular complexity index is 658. The molecule has 0 heterocycles. The summed E-state index contributed by atoms with van der Waals surface area (Å²) < 4.78 is 0.673. The highest BCUT2D eigenvalue weighted by molar-refractivity contribution is 9.10. The number of hydrogen-bond acceptors (Lipinski definition) is 2. The van der Waals surface area contributed by atoms with Gasteiger partial charge in [-0.3, -0.25) is 4.79 Å². The van der Waals surface area contributed by atoms with Crippen LogP contribution in [-0.4, -0.2) is 5.91 Å². The van der Waals surface area contributed by atoms with E-state index in [9.17, 15) is 4.79 Å². The number of nitrogens with two attached hydrogens (primary N) is 1. The number of benzene rings is 2. The molecule has 0 fully saturated rings. The van der Waals surface area contributed by atoms with Crippen molar-refractivity contribution in [3.05, 3.63) is 62.6 Å². The normalized spacial score (nSPS) is 10.3. The molecule has 104 valence electrons. The Kier molecular flexibility index (Phi) is 4.68. The lowest BCUT2D eigenvalue weighted by atomic mass is 10.1. The van der Waals surface area contributed by atoms with Crippen LogP contribution < -0.4 is 11.1 Å². The molecule has 0 radical (unpaired) electrons. The van der Waals surface area contributed by atoms with Crippen LogP contribution in [0.3, 0.4) is 0 Å². The predicted molar refractivity (Wildman–Crippen MR) is 85.9 cm³/mol. The van der Waals surface area contributed by atoms with Crippen molar-refractivity contribution in [1.82, 2.24) is 5.32 Å². The van der Waals surface area contributed by atoms with E-state index in [1.54, 1.807) is 18.2 Å². The van der Waals surface area contributed by atoms with Gasteiger partial charge < -0.3 is 11.1 Å². The van der Waals surface area contributed by atoms with Crippen LogP contribution in [0.1, 0.15) is 21.5 Å². The Morgan fingerprint density at radius 3 is 2.80 bits per heavy atom. The van der Waals surface area contributed by atoms with E-state index in [0.29, 0.717) is 21.6 Å². The van der Waals surface area contributed by atoms with E-state index in [2.05, 4.69) is 21.2 Å². The zero-order chi connectivity index (χ0) is 14.7. The van der Waals surface area contributed by atoms with E-state index in [4.69, 9.17) is 17.3 Å². The van der Waals surface area contributed by atoms with Gasteiger partial charge in [-0.05, 0) is 58.2 Å². The maximum absolute atomic E-state index is 12.1. The highest BCUT2D eigenvalue weighted by atomic mass is 79.9. The van der Waals surface area contributed by atoms with Gasteiger partial charge in [-0.1, -0.05) is 23.7 Å². The Hall–Kier alpha value is -1.52. The molecule has 0 aromatic heterocycles. The summed E-state index contributed by atoms with van der Waals surface area (Å²) in [5.74, 6) is -0.157. The molecule has 2 aromatic carbocycles. The highest BCUT2D eigenvalue weighted by Gasteiger charge is 2.10. The second-order valence-corrected chi connectivity index (χ2v) is 5.73. The summed E-state index contributed by atoms with van der Waals surface area (Å²) in [4.78, 5) is 12.1. The van der Waals surface area contributed by atoms with Crippen LogP contribution in [0, 0.1) is 6.92 Å². The van der Waals surface area contributed by atoms with Gasteiger partial charge in [0.05, 0.1) is 5.56 Å². The van der Waals surface area contributed by atoms with E-state index >= 15 is 0 Å². The summed E-state index contributed by atoms with van der Waals surface area (Å²) in [6.07, 6.45) is 0. The van der Waals surface area contributed by atoms with E-state index < -0.39 is 0 Å². The lowest BCUT2D eigenvalue weighted by Crippen LogP contribution is -2.23. The monoisotopic (exact) mass is 352 g/mol. The second kappa shape index (κ2) is 6.29. The molecule has 2 aromatic rings. The molecule has 5 heteroatoms. The minimum absolute atomic E-state index is 0.157. The first-order valence-corrected chi connectivity index (χ1v) is 7.23. The first-order chi connectivity index (χ1) is 9.49. The molecule has 0 saturated carbocycles. The predicted octanol–water partition coefficient (Wildman–Crippen LogP) is 3.92. The summed E-state index contributed by atoms with van der Waals surface area (Å²) >= 11 is 9.19.